The average molecular weight is 1250 g/mol. The lowest BCUT2D eigenvalue weighted by Crippen LogP contribution is -2.65. The first-order valence-electron chi connectivity index (χ1n) is 31.0. The highest BCUT2D eigenvalue weighted by Gasteiger charge is 2.44. The number of pyridine rings is 1. The fourth-order valence-electron chi connectivity index (χ4n) is 12.4. The Morgan fingerprint density at radius 1 is 0.899 bits per heavy atom. The minimum Gasteiger partial charge on any atom is -0.492 e. The summed E-state index contributed by atoms with van der Waals surface area (Å²) < 4.78 is 67.3. The van der Waals surface area contributed by atoms with Crippen molar-refractivity contribution in [3.63, 3.8) is 0 Å². The maximum absolute atomic E-state index is 14.8. The first kappa shape index (κ1) is 64.9. The van der Waals surface area contributed by atoms with Crippen LogP contribution in [-0.4, -0.2) is 203 Å². The number of nitrogens with one attached hydrogen (secondary N) is 1. The molecule has 0 unspecified atom stereocenters. The fourth-order valence-corrected chi connectivity index (χ4v) is 13.8. The van der Waals surface area contributed by atoms with Gasteiger partial charge in [-0.3, -0.25) is 24.3 Å². The van der Waals surface area contributed by atoms with Crippen molar-refractivity contribution in [3.8, 4) is 11.5 Å². The summed E-state index contributed by atoms with van der Waals surface area (Å²) in [5.41, 5.74) is 4.91. The predicted octanol–water partition coefficient (Wildman–Crippen LogP) is 7.08. The van der Waals surface area contributed by atoms with Gasteiger partial charge in [0, 0.05) is 125 Å². The number of aromatic nitrogens is 5. The van der Waals surface area contributed by atoms with Crippen LogP contribution in [0.15, 0.2) is 87.1 Å². The number of carbonyl (C=O) groups is 2. The van der Waals surface area contributed by atoms with E-state index in [0.717, 1.165) is 61.0 Å². The maximum atomic E-state index is 14.8. The Morgan fingerprint density at radius 2 is 1.62 bits per heavy atom. The quantitative estimate of drug-likeness (QED) is 0.0918. The summed E-state index contributed by atoms with van der Waals surface area (Å²) in [4.78, 5) is 78.3. The maximum Gasteiger partial charge on any atom is 0.410 e. The van der Waals surface area contributed by atoms with Gasteiger partial charge in [0.2, 0.25) is 11.9 Å². The lowest BCUT2D eigenvalue weighted by molar-refractivity contribution is -0.122. The molecular formula is C65H88FN13O9S. The van der Waals surface area contributed by atoms with Crippen molar-refractivity contribution < 1.29 is 41.3 Å². The van der Waals surface area contributed by atoms with Gasteiger partial charge in [0.15, 0.2) is 21.4 Å². The molecule has 0 aliphatic carbocycles. The van der Waals surface area contributed by atoms with Crippen LogP contribution in [-0.2, 0) is 43.0 Å². The molecule has 5 aromatic rings. The summed E-state index contributed by atoms with van der Waals surface area (Å²) in [5, 5.41) is 3.85. The van der Waals surface area contributed by atoms with Gasteiger partial charge in [-0.2, -0.15) is 0 Å². The van der Waals surface area contributed by atoms with E-state index in [0.29, 0.717) is 105 Å². The number of morpholine rings is 1. The Hall–Kier alpha value is -7.12. The monoisotopic (exact) mass is 1250 g/mol. The van der Waals surface area contributed by atoms with Gasteiger partial charge < -0.3 is 43.5 Å². The zero-order chi connectivity index (χ0) is 63.9. The normalized spacial score (nSPS) is 21.8. The zero-order valence-electron chi connectivity index (χ0n) is 53.9. The lowest BCUT2D eigenvalue weighted by Gasteiger charge is -2.48. The summed E-state index contributed by atoms with van der Waals surface area (Å²) in [7, 11) is -2.08. The van der Waals surface area contributed by atoms with E-state index >= 15 is 0 Å². The van der Waals surface area contributed by atoms with Crippen LogP contribution in [0.25, 0.3) is 10.9 Å². The molecule has 5 aliphatic rings. The van der Waals surface area contributed by atoms with Crippen molar-refractivity contribution in [2.24, 2.45) is 12.0 Å². The molecule has 2 amide bonds. The van der Waals surface area contributed by atoms with Gasteiger partial charge in [0.05, 0.1) is 66.1 Å². The van der Waals surface area contributed by atoms with E-state index in [2.05, 4.69) is 41.8 Å². The summed E-state index contributed by atoms with van der Waals surface area (Å²) in [6.07, 6.45) is 5.11. The highest BCUT2D eigenvalue weighted by Crippen LogP contribution is 2.41. The van der Waals surface area contributed by atoms with Crippen molar-refractivity contribution in [2.45, 2.75) is 141 Å². The number of piperazine rings is 2. The second-order valence-corrected chi connectivity index (χ2v) is 29.8. The standard InChI is InChI=1S/C65H88FN13O9S/c1-41-32-77(36-57(80)79-39-65(11,12)58-54(79)26-46(60(81)73(58)13)25-45-15-17-47(66)18-16-45)48(34-78(41)62(82)88-63(5,6)7)33-76-35-50(86-37-42(76)2)38-87-49-29-68-61(69-30-49)75-22-20-74(21-23-75)19-14-24-85-55-28-52-51(27-56(55)89(83,84)64(8,9)10)59(71-40-70-52)72-53-31-67-44(4)43(53)3/h15-18,26-30,40-42,48,50,67H,14,19-25,31-39H2,1-13H3/t41-,42-,48+,50-/m1/s1. The number of ether oxygens (including phenoxy) is 4. The van der Waals surface area contributed by atoms with Crippen LogP contribution in [0.4, 0.5) is 26.6 Å². The number of carbonyl (C=O) groups excluding carboxylic acids is 2. The van der Waals surface area contributed by atoms with E-state index in [9.17, 15) is 27.2 Å². The number of allylic oxidation sites excluding steroid dienone is 1. The molecule has 0 spiro atoms. The third-order valence-electron chi connectivity index (χ3n) is 17.7. The van der Waals surface area contributed by atoms with Crippen molar-refractivity contribution in [2.75, 3.05) is 108 Å². The minimum absolute atomic E-state index is 0.0303. The van der Waals surface area contributed by atoms with E-state index in [1.165, 1.54) is 18.5 Å². The second kappa shape index (κ2) is 26.0. The van der Waals surface area contributed by atoms with E-state index in [4.69, 9.17) is 33.9 Å². The Balaban J connectivity index is 0.735. The SMILES string of the molecule is CC1=C(C)C(=Nc2ncnc3cc(OCCCN4CCN(c5ncc(OC[C@H]6CN(C[C@H]7CN(C(=O)OC(C)(C)C)[C@H](C)CN7CC(=O)N7CC(C)(C)c8c7cc(Cc7ccc(F)cc7)c(=O)n8C)[C@H](C)CO6)cn5)CC4)c(S(=O)(=O)C(C)(C)C)cc23)CN1. The van der Waals surface area contributed by atoms with Crippen LogP contribution < -0.4 is 30.1 Å². The third kappa shape index (κ3) is 14.6. The molecule has 10 rings (SSSR count). The first-order valence-corrected chi connectivity index (χ1v) is 32.5. The first-order chi connectivity index (χ1) is 42.0. The van der Waals surface area contributed by atoms with Crippen LogP contribution in [0.3, 0.4) is 0 Å². The largest absolute Gasteiger partial charge is 0.492 e. The average Bonchev–Trinajstić information content (AvgIpc) is 1.73. The van der Waals surface area contributed by atoms with E-state index < -0.39 is 31.7 Å². The van der Waals surface area contributed by atoms with Crippen molar-refractivity contribution in [3.05, 3.63) is 105 Å². The predicted molar refractivity (Wildman–Crippen MR) is 341 cm³/mol. The minimum atomic E-state index is -3.83. The number of hydrogen-bond donors (Lipinski definition) is 1. The highest BCUT2D eigenvalue weighted by atomic mass is 32.2. The number of nitrogens with zero attached hydrogens (tertiary/aromatic N) is 12. The number of halogens is 1. The van der Waals surface area contributed by atoms with Crippen molar-refractivity contribution >= 4 is 55.9 Å². The molecule has 8 heterocycles. The van der Waals surface area contributed by atoms with Crippen molar-refractivity contribution in [1.29, 1.82) is 0 Å². The molecule has 22 nitrogen and oxygen atoms in total. The molecule has 2 aromatic carbocycles. The molecule has 4 atom stereocenters. The van der Waals surface area contributed by atoms with Gasteiger partial charge >= 0.3 is 6.09 Å². The molecule has 3 fully saturated rings. The van der Waals surface area contributed by atoms with Gasteiger partial charge in [-0.05, 0) is 111 Å². The third-order valence-corrected chi connectivity index (χ3v) is 20.2. The second-order valence-electron chi connectivity index (χ2n) is 27.1. The molecule has 480 valence electrons. The van der Waals surface area contributed by atoms with Gasteiger partial charge in [-0.1, -0.05) is 26.0 Å². The summed E-state index contributed by atoms with van der Waals surface area (Å²) >= 11 is 0. The summed E-state index contributed by atoms with van der Waals surface area (Å²) in [6, 6.07) is 10.8. The zero-order valence-corrected chi connectivity index (χ0v) is 54.7. The number of aliphatic imine (C=N–C) groups is 1. The smallest absolute Gasteiger partial charge is 0.410 e. The van der Waals surface area contributed by atoms with Crippen molar-refractivity contribution in [1.82, 2.24) is 49.4 Å². The lowest BCUT2D eigenvalue weighted by atomic mass is 9.90. The molecule has 0 bridgehead atoms. The number of sulfone groups is 1. The molecule has 0 radical (unpaired) electrons. The van der Waals surface area contributed by atoms with Gasteiger partial charge in [0.25, 0.3) is 5.56 Å². The van der Waals surface area contributed by atoms with Gasteiger partial charge in [0.1, 0.15) is 41.1 Å². The molecule has 5 aliphatic heterocycles. The number of benzene rings is 2. The van der Waals surface area contributed by atoms with Crippen LogP contribution in [0.1, 0.15) is 106 Å². The number of anilines is 2. The number of amides is 2. The molecule has 24 heteroatoms. The van der Waals surface area contributed by atoms with Gasteiger partial charge in [-0.25, -0.2) is 42.5 Å². The molecule has 0 saturated carbocycles. The number of fused-ring (bicyclic) bond motifs is 2. The van der Waals surface area contributed by atoms with Crippen LogP contribution in [0.5, 0.6) is 11.5 Å². The number of hydrogen-bond acceptors (Lipinski definition) is 19. The van der Waals surface area contributed by atoms with Crippen LogP contribution >= 0.6 is 0 Å². The van der Waals surface area contributed by atoms with Crippen LogP contribution in [0.2, 0.25) is 0 Å². The Morgan fingerprint density at radius 3 is 2.29 bits per heavy atom. The number of rotatable bonds is 17. The molecular weight excluding hydrogens is 1160 g/mol. The van der Waals surface area contributed by atoms with Crippen LogP contribution in [0, 0.1) is 5.82 Å². The van der Waals surface area contributed by atoms with E-state index in [1.807, 2.05) is 61.5 Å². The fraction of sp³-hybridized carbons (Fsp3) is 0.569. The Kier molecular flexibility index (Phi) is 18.9. The summed E-state index contributed by atoms with van der Waals surface area (Å²) in [6.45, 7) is 30.5. The molecule has 1 N–H and O–H groups in total. The molecule has 89 heavy (non-hydrogen) atoms. The topological polar surface area (TPSA) is 223 Å². The van der Waals surface area contributed by atoms with E-state index in [-0.39, 0.29) is 65.3 Å². The van der Waals surface area contributed by atoms with E-state index in [1.54, 1.807) is 78.8 Å². The Labute approximate surface area is 522 Å². The summed E-state index contributed by atoms with van der Waals surface area (Å²) in [5.74, 6) is 1.34. The van der Waals surface area contributed by atoms with Gasteiger partial charge in [-0.15, -0.1) is 0 Å². The highest BCUT2D eigenvalue weighted by molar-refractivity contribution is 7.92. The molecule has 3 saturated heterocycles. The Bertz CT molecular complexity index is 3670. The molecule has 3 aromatic heterocycles.